The third-order valence-corrected chi connectivity index (χ3v) is 1.97. The van der Waals surface area contributed by atoms with E-state index in [4.69, 9.17) is 14.7 Å². The molecule has 0 fully saturated rings. The van der Waals surface area contributed by atoms with E-state index < -0.39 is 0 Å². The van der Waals surface area contributed by atoms with Crippen LogP contribution in [0.5, 0.6) is 0 Å². The lowest BCUT2D eigenvalue weighted by Gasteiger charge is -2.10. The number of nitrogens with one attached hydrogen (secondary N) is 1. The summed E-state index contributed by atoms with van der Waals surface area (Å²) in [5.41, 5.74) is 8.15. The number of amides is 1. The molecule has 0 spiro atoms. The number of nitrogens with zero attached hydrogens (tertiary/aromatic N) is 3. The van der Waals surface area contributed by atoms with Crippen LogP contribution in [-0.2, 0) is 11.3 Å². The molecule has 1 atom stereocenters. The van der Waals surface area contributed by atoms with Crippen LogP contribution in [0.4, 0.5) is 0 Å². The summed E-state index contributed by atoms with van der Waals surface area (Å²) < 4.78 is 10.1. The van der Waals surface area contributed by atoms with Gasteiger partial charge in [-0.05, 0) is 24.6 Å². The van der Waals surface area contributed by atoms with Crippen molar-refractivity contribution in [2.45, 2.75) is 19.5 Å². The molecule has 0 saturated carbocycles. The van der Waals surface area contributed by atoms with E-state index in [9.17, 15) is 4.79 Å². The summed E-state index contributed by atoms with van der Waals surface area (Å²) in [5, 5.41) is 6.05. The molecule has 1 unspecified atom stereocenters. The molecule has 1 rings (SSSR count). The zero-order valence-corrected chi connectivity index (χ0v) is 9.71. The molecule has 0 aliphatic rings. The van der Waals surface area contributed by atoms with Gasteiger partial charge in [0, 0.05) is 18.1 Å². The molecule has 1 aromatic rings. The molecule has 1 aromatic heterocycles. The normalized spacial score (nSPS) is 11.6. The molecule has 0 bridgehead atoms. The Labute approximate surface area is 98.4 Å². The number of rotatable bonds is 6. The fraction of sp³-hybridized carbons (Fsp3) is 0.500. The van der Waals surface area contributed by atoms with Crippen LogP contribution in [0.3, 0.4) is 0 Å². The van der Waals surface area contributed by atoms with Crippen molar-refractivity contribution in [2.75, 3.05) is 13.7 Å². The lowest BCUT2D eigenvalue weighted by molar-refractivity contribution is 0.0876. The van der Waals surface area contributed by atoms with Gasteiger partial charge in [0.25, 0.3) is 5.91 Å². The van der Waals surface area contributed by atoms with Crippen LogP contribution in [0.25, 0.3) is 10.4 Å². The predicted molar refractivity (Wildman–Crippen MR) is 60.4 cm³/mol. The molecular weight excluding hydrogens is 224 g/mol. The quantitative estimate of drug-likeness (QED) is 0.465. The number of carbonyl (C=O) groups excluding carboxylic acids is 1. The van der Waals surface area contributed by atoms with Crippen LogP contribution in [0.1, 0.15) is 23.2 Å². The third kappa shape index (κ3) is 4.18. The number of methoxy groups -OCH3 is 1. The Bertz CT molecular complexity index is 423. The number of carbonyl (C=O) groups is 1. The first-order valence-electron chi connectivity index (χ1n) is 5.06. The van der Waals surface area contributed by atoms with Crippen LogP contribution in [0.2, 0.25) is 0 Å². The number of hydrogen-bond acceptors (Lipinski definition) is 4. The van der Waals surface area contributed by atoms with Gasteiger partial charge < -0.3 is 14.5 Å². The molecule has 7 nitrogen and oxygen atoms in total. The van der Waals surface area contributed by atoms with E-state index in [1.54, 1.807) is 13.2 Å². The van der Waals surface area contributed by atoms with Gasteiger partial charge in [-0.2, -0.15) is 0 Å². The molecular formula is C10H14N4O3. The van der Waals surface area contributed by atoms with Crippen molar-refractivity contribution in [3.05, 3.63) is 34.1 Å². The Kier molecular flexibility index (Phi) is 5.06. The SMILES string of the molecule is COCC(C)NC(=O)c1ccc(CN=[N+]=[N-])o1. The van der Waals surface area contributed by atoms with Gasteiger partial charge >= 0.3 is 0 Å². The first-order valence-corrected chi connectivity index (χ1v) is 5.06. The number of hydrogen-bond donors (Lipinski definition) is 1. The summed E-state index contributed by atoms with van der Waals surface area (Å²) >= 11 is 0. The van der Waals surface area contributed by atoms with Crippen LogP contribution >= 0.6 is 0 Å². The standard InChI is InChI=1S/C10H14N4O3/c1-7(6-16-2)13-10(15)9-4-3-8(17-9)5-12-14-11/h3-4,7H,5-6H2,1-2H3,(H,13,15). The Hall–Kier alpha value is -1.98. The van der Waals surface area contributed by atoms with Crippen LogP contribution in [0, 0.1) is 0 Å². The zero-order valence-electron chi connectivity index (χ0n) is 9.71. The minimum atomic E-state index is -0.318. The van der Waals surface area contributed by atoms with E-state index in [0.717, 1.165) is 0 Å². The van der Waals surface area contributed by atoms with Crippen molar-refractivity contribution >= 4 is 5.91 Å². The van der Waals surface area contributed by atoms with Gasteiger partial charge in [0.05, 0.1) is 13.2 Å². The molecule has 0 radical (unpaired) electrons. The van der Waals surface area contributed by atoms with Gasteiger partial charge in [-0.15, -0.1) is 0 Å². The van der Waals surface area contributed by atoms with Crippen LogP contribution in [0.15, 0.2) is 21.7 Å². The molecule has 92 valence electrons. The van der Waals surface area contributed by atoms with Crippen molar-refractivity contribution in [3.63, 3.8) is 0 Å². The smallest absolute Gasteiger partial charge is 0.287 e. The lowest BCUT2D eigenvalue weighted by atomic mass is 10.3. The number of furan rings is 1. The number of azide groups is 1. The predicted octanol–water partition coefficient (Wildman–Crippen LogP) is 1.85. The maximum atomic E-state index is 11.7. The summed E-state index contributed by atoms with van der Waals surface area (Å²) in [7, 11) is 1.56. The molecule has 17 heavy (non-hydrogen) atoms. The van der Waals surface area contributed by atoms with Gasteiger partial charge in [-0.25, -0.2) is 0 Å². The van der Waals surface area contributed by atoms with Crippen LogP contribution < -0.4 is 5.32 Å². The van der Waals surface area contributed by atoms with Crippen molar-refractivity contribution < 1.29 is 13.9 Å². The molecule has 1 amide bonds. The summed E-state index contributed by atoms with van der Waals surface area (Å²) in [6, 6.07) is 3.04. The van der Waals surface area contributed by atoms with E-state index >= 15 is 0 Å². The fourth-order valence-electron chi connectivity index (χ4n) is 1.27. The van der Waals surface area contributed by atoms with Gasteiger partial charge in [-0.3, -0.25) is 4.79 Å². The molecule has 0 aromatic carbocycles. The Balaban J connectivity index is 2.57. The molecule has 1 heterocycles. The highest BCUT2D eigenvalue weighted by Gasteiger charge is 2.13. The summed E-state index contributed by atoms with van der Waals surface area (Å²) in [5.74, 6) is 0.324. The van der Waals surface area contributed by atoms with E-state index in [0.29, 0.717) is 12.4 Å². The van der Waals surface area contributed by atoms with E-state index in [-0.39, 0.29) is 24.3 Å². The summed E-state index contributed by atoms with van der Waals surface area (Å²) in [6.07, 6.45) is 0. The minimum absolute atomic E-state index is 0.0946. The highest BCUT2D eigenvalue weighted by molar-refractivity contribution is 5.91. The molecule has 1 N–H and O–H groups in total. The lowest BCUT2D eigenvalue weighted by Crippen LogP contribution is -2.35. The largest absolute Gasteiger partial charge is 0.456 e. The van der Waals surface area contributed by atoms with Gasteiger partial charge in [0.1, 0.15) is 5.76 Å². The molecule has 0 aliphatic carbocycles. The highest BCUT2D eigenvalue weighted by Crippen LogP contribution is 2.09. The van der Waals surface area contributed by atoms with E-state index in [1.165, 1.54) is 6.07 Å². The molecule has 7 heteroatoms. The van der Waals surface area contributed by atoms with Crippen molar-refractivity contribution in [3.8, 4) is 0 Å². The van der Waals surface area contributed by atoms with Gasteiger partial charge in [-0.1, -0.05) is 5.11 Å². The zero-order chi connectivity index (χ0) is 12.7. The first-order chi connectivity index (χ1) is 8.17. The Morgan fingerprint density at radius 1 is 1.71 bits per heavy atom. The second kappa shape index (κ2) is 6.57. The topological polar surface area (TPSA) is 100 Å². The maximum absolute atomic E-state index is 11.7. The van der Waals surface area contributed by atoms with E-state index in [2.05, 4.69) is 15.3 Å². The second-order valence-electron chi connectivity index (χ2n) is 3.48. The molecule has 0 saturated heterocycles. The first kappa shape index (κ1) is 13.1. The van der Waals surface area contributed by atoms with Gasteiger partial charge in [0.2, 0.25) is 0 Å². The highest BCUT2D eigenvalue weighted by atomic mass is 16.5. The average Bonchev–Trinajstić information content (AvgIpc) is 2.75. The fourth-order valence-corrected chi connectivity index (χ4v) is 1.27. The van der Waals surface area contributed by atoms with Crippen molar-refractivity contribution in [1.82, 2.24) is 5.32 Å². The summed E-state index contributed by atoms with van der Waals surface area (Å²) in [6.45, 7) is 2.35. The maximum Gasteiger partial charge on any atom is 0.287 e. The molecule has 0 aliphatic heterocycles. The third-order valence-electron chi connectivity index (χ3n) is 1.97. The van der Waals surface area contributed by atoms with Crippen molar-refractivity contribution in [1.29, 1.82) is 0 Å². The average molecular weight is 238 g/mol. The number of ether oxygens (including phenoxy) is 1. The van der Waals surface area contributed by atoms with Gasteiger partial charge in [0.15, 0.2) is 5.76 Å². The van der Waals surface area contributed by atoms with Crippen molar-refractivity contribution in [2.24, 2.45) is 5.11 Å². The van der Waals surface area contributed by atoms with Crippen LogP contribution in [-0.4, -0.2) is 25.7 Å². The monoisotopic (exact) mass is 238 g/mol. The minimum Gasteiger partial charge on any atom is -0.456 e. The Morgan fingerprint density at radius 3 is 3.12 bits per heavy atom. The summed E-state index contributed by atoms with van der Waals surface area (Å²) in [4.78, 5) is 14.3. The second-order valence-corrected chi connectivity index (χ2v) is 3.48. The van der Waals surface area contributed by atoms with E-state index in [1.807, 2.05) is 6.92 Å². The Morgan fingerprint density at radius 2 is 2.47 bits per heavy atom.